The summed E-state index contributed by atoms with van der Waals surface area (Å²) in [7, 11) is 1.69. The number of aromatic nitrogens is 1. The highest BCUT2D eigenvalue weighted by Crippen LogP contribution is 2.29. The molecule has 0 spiro atoms. The van der Waals surface area contributed by atoms with Crippen molar-refractivity contribution in [3.8, 4) is 5.75 Å². The van der Waals surface area contributed by atoms with Crippen LogP contribution in [0.2, 0.25) is 0 Å². The molecule has 1 aliphatic heterocycles. The Hall–Kier alpha value is -4.62. The normalized spacial score (nSPS) is 19.7. The average Bonchev–Trinajstić information content (AvgIpc) is 3.38. The van der Waals surface area contributed by atoms with Gasteiger partial charge in [-0.2, -0.15) is 0 Å². The number of rotatable bonds is 7. The van der Waals surface area contributed by atoms with Gasteiger partial charge < -0.3 is 44.9 Å². The van der Waals surface area contributed by atoms with Gasteiger partial charge in [-0.25, -0.2) is 9.59 Å². The number of carbonyl (C=O) groups excluding carboxylic acids is 3. The van der Waals surface area contributed by atoms with Crippen molar-refractivity contribution in [1.82, 2.24) is 15.0 Å². The Morgan fingerprint density at radius 2 is 1.79 bits per heavy atom. The number of hydrogen-bond donors (Lipinski definition) is 4. The highest BCUT2D eigenvalue weighted by atomic mass is 16.5. The van der Waals surface area contributed by atoms with Gasteiger partial charge in [-0.05, 0) is 77.3 Å². The molecule has 260 valence electrons. The molecule has 3 aromatic rings. The van der Waals surface area contributed by atoms with Crippen LogP contribution >= 0.6 is 0 Å². The molecule has 13 heteroatoms. The van der Waals surface area contributed by atoms with Crippen LogP contribution in [0.25, 0.3) is 0 Å². The van der Waals surface area contributed by atoms with Crippen LogP contribution in [0.15, 0.2) is 53.1 Å². The first-order chi connectivity index (χ1) is 23.0. The van der Waals surface area contributed by atoms with E-state index < -0.39 is 18.2 Å². The molecule has 2 aromatic carbocycles. The number of likely N-dealkylation sites (N-methyl/N-ethyl adjacent to an activating group) is 1. The zero-order chi connectivity index (χ0) is 34.8. The van der Waals surface area contributed by atoms with Gasteiger partial charge in [0.25, 0.3) is 5.91 Å². The number of ether oxygens (including phenoxy) is 2. The summed E-state index contributed by atoms with van der Waals surface area (Å²) in [4.78, 5) is 43.4. The lowest BCUT2D eigenvalue weighted by Crippen LogP contribution is -2.48. The number of hydrogen-bond acceptors (Lipinski definition) is 8. The lowest BCUT2D eigenvalue weighted by atomic mass is 10.0. The van der Waals surface area contributed by atoms with Gasteiger partial charge in [0, 0.05) is 44.0 Å². The van der Waals surface area contributed by atoms with E-state index in [1.54, 1.807) is 68.0 Å². The number of nitrogens with one attached hydrogen (secondary N) is 3. The number of benzene rings is 2. The largest absolute Gasteiger partial charge is 0.490 e. The molecule has 4 N–H and O–H groups in total. The molecule has 0 unspecified atom stereocenters. The number of aryl methyl sites for hydroxylation is 2. The summed E-state index contributed by atoms with van der Waals surface area (Å²) in [6, 6.07) is 12.7. The van der Waals surface area contributed by atoms with E-state index in [1.165, 1.54) is 0 Å². The SMILES string of the molecule is Cc1noc(C)c1NC(=O)N(C)C[C@H]1OCCCC[C@@H](C)Oc2ccc(NC(=O)Nc3ccccc3)cc2C(=O)N([C@@H](C)CO)C[C@H]1C. The van der Waals surface area contributed by atoms with Gasteiger partial charge in [-0.15, -0.1) is 0 Å². The quantitative estimate of drug-likeness (QED) is 0.243. The van der Waals surface area contributed by atoms with Gasteiger partial charge in [0.15, 0.2) is 5.76 Å². The fourth-order valence-electron chi connectivity index (χ4n) is 5.49. The first kappa shape index (κ1) is 36.2. The molecule has 0 saturated carbocycles. The van der Waals surface area contributed by atoms with Gasteiger partial charge in [-0.1, -0.05) is 30.3 Å². The van der Waals surface area contributed by atoms with E-state index in [0.717, 1.165) is 19.3 Å². The predicted octanol–water partition coefficient (Wildman–Crippen LogP) is 5.89. The number of fused-ring (bicyclic) bond motifs is 1. The number of nitrogens with zero attached hydrogens (tertiary/aromatic N) is 3. The lowest BCUT2D eigenvalue weighted by Gasteiger charge is -2.35. The van der Waals surface area contributed by atoms with Crippen LogP contribution in [0.5, 0.6) is 5.75 Å². The molecule has 13 nitrogen and oxygen atoms in total. The van der Waals surface area contributed by atoms with Crippen LogP contribution in [0.3, 0.4) is 0 Å². The number of anilines is 3. The minimum absolute atomic E-state index is 0.197. The molecule has 4 rings (SSSR count). The first-order valence-electron chi connectivity index (χ1n) is 16.4. The molecule has 5 amide bonds. The van der Waals surface area contributed by atoms with E-state index >= 15 is 0 Å². The molecule has 0 saturated heterocycles. The summed E-state index contributed by atoms with van der Waals surface area (Å²) >= 11 is 0. The Labute approximate surface area is 281 Å². The Kier molecular flexibility index (Phi) is 12.8. The molecule has 0 fully saturated rings. The second-order valence-electron chi connectivity index (χ2n) is 12.5. The second-order valence-corrected chi connectivity index (χ2v) is 12.5. The zero-order valence-electron chi connectivity index (χ0n) is 28.6. The minimum Gasteiger partial charge on any atom is -0.490 e. The summed E-state index contributed by atoms with van der Waals surface area (Å²) < 4.78 is 17.8. The maximum Gasteiger partial charge on any atom is 0.323 e. The number of aliphatic hydroxyl groups is 1. The van der Waals surface area contributed by atoms with Crippen LogP contribution in [-0.4, -0.2) is 89.6 Å². The number of amides is 5. The van der Waals surface area contributed by atoms with E-state index in [-0.39, 0.29) is 49.2 Å². The predicted molar refractivity (Wildman–Crippen MR) is 184 cm³/mol. The van der Waals surface area contributed by atoms with Crippen molar-refractivity contribution in [3.05, 3.63) is 65.5 Å². The van der Waals surface area contributed by atoms with Gasteiger partial charge in [0.1, 0.15) is 17.1 Å². The smallest absolute Gasteiger partial charge is 0.323 e. The summed E-state index contributed by atoms with van der Waals surface area (Å²) in [6.45, 7) is 9.86. The summed E-state index contributed by atoms with van der Waals surface area (Å²) in [5.74, 6) is 0.307. The van der Waals surface area contributed by atoms with Crippen molar-refractivity contribution < 1.29 is 33.5 Å². The molecule has 1 aromatic heterocycles. The molecule has 0 bridgehead atoms. The molecular formula is C35H48N6O7. The molecule has 0 aliphatic carbocycles. The van der Waals surface area contributed by atoms with Gasteiger partial charge >= 0.3 is 12.1 Å². The third-order valence-corrected chi connectivity index (χ3v) is 8.41. The molecule has 1 aliphatic rings. The fourth-order valence-corrected chi connectivity index (χ4v) is 5.49. The van der Waals surface area contributed by atoms with Crippen LogP contribution in [0.1, 0.15) is 61.8 Å². The topological polar surface area (TPSA) is 158 Å². The van der Waals surface area contributed by atoms with E-state index in [1.807, 2.05) is 32.0 Å². The fraction of sp³-hybridized carbons (Fsp3) is 0.486. The van der Waals surface area contributed by atoms with Crippen molar-refractivity contribution in [2.24, 2.45) is 5.92 Å². The Bertz CT molecular complexity index is 1510. The number of urea groups is 2. The second kappa shape index (κ2) is 17.0. The molecule has 0 radical (unpaired) electrons. The summed E-state index contributed by atoms with van der Waals surface area (Å²) in [5, 5.41) is 22.6. The molecule has 2 heterocycles. The van der Waals surface area contributed by atoms with Gasteiger partial charge in [-0.3, -0.25) is 4.79 Å². The van der Waals surface area contributed by atoms with Gasteiger partial charge in [0.2, 0.25) is 0 Å². The lowest BCUT2D eigenvalue weighted by molar-refractivity contribution is -0.0115. The number of carbonyl (C=O) groups is 3. The Morgan fingerprint density at radius 1 is 1.06 bits per heavy atom. The van der Waals surface area contributed by atoms with Crippen LogP contribution < -0.4 is 20.7 Å². The number of aliphatic hydroxyl groups excluding tert-OH is 1. The summed E-state index contributed by atoms with van der Waals surface area (Å²) in [5.41, 5.74) is 2.41. The Balaban J connectivity index is 1.58. The van der Waals surface area contributed by atoms with E-state index in [9.17, 15) is 19.5 Å². The van der Waals surface area contributed by atoms with Crippen LogP contribution in [0.4, 0.5) is 26.7 Å². The maximum absolute atomic E-state index is 14.3. The van der Waals surface area contributed by atoms with Crippen LogP contribution in [0, 0.1) is 19.8 Å². The van der Waals surface area contributed by atoms with E-state index in [0.29, 0.717) is 40.9 Å². The Morgan fingerprint density at radius 3 is 2.48 bits per heavy atom. The van der Waals surface area contributed by atoms with Crippen molar-refractivity contribution in [1.29, 1.82) is 0 Å². The van der Waals surface area contributed by atoms with Gasteiger partial charge in [0.05, 0.1) is 30.4 Å². The van der Waals surface area contributed by atoms with Crippen LogP contribution in [-0.2, 0) is 4.74 Å². The zero-order valence-corrected chi connectivity index (χ0v) is 28.6. The standard InChI is InChI=1S/C35H48N6O7/c1-22-19-41(23(2)21-42)33(43)29-18-28(37-34(44)36-27-13-8-7-9-14-27)15-16-30(29)47-24(3)12-10-11-17-46-31(22)20-40(6)35(45)38-32-25(4)39-48-26(32)5/h7-9,13-16,18,22-24,31,42H,10-12,17,19-21H2,1-6H3,(H,38,45)(H2,36,37,44)/t22-,23+,24-,31-/m1/s1. The van der Waals surface area contributed by atoms with Crippen molar-refractivity contribution in [2.45, 2.75) is 72.1 Å². The summed E-state index contributed by atoms with van der Waals surface area (Å²) in [6.07, 6.45) is 1.73. The monoisotopic (exact) mass is 664 g/mol. The highest BCUT2D eigenvalue weighted by Gasteiger charge is 2.31. The van der Waals surface area contributed by atoms with E-state index in [4.69, 9.17) is 14.0 Å². The highest BCUT2D eigenvalue weighted by molar-refractivity contribution is 6.02. The van der Waals surface area contributed by atoms with Crippen molar-refractivity contribution in [3.63, 3.8) is 0 Å². The van der Waals surface area contributed by atoms with E-state index in [2.05, 4.69) is 21.1 Å². The third kappa shape index (κ3) is 9.71. The third-order valence-electron chi connectivity index (χ3n) is 8.41. The van der Waals surface area contributed by atoms with Crippen molar-refractivity contribution >= 4 is 35.0 Å². The first-order valence-corrected chi connectivity index (χ1v) is 16.4. The molecular weight excluding hydrogens is 616 g/mol. The molecule has 48 heavy (non-hydrogen) atoms. The average molecular weight is 665 g/mol. The number of para-hydroxylation sites is 1. The van der Waals surface area contributed by atoms with Crippen molar-refractivity contribution in [2.75, 3.05) is 49.3 Å². The minimum atomic E-state index is -0.544. The maximum atomic E-state index is 14.3. The molecule has 4 atom stereocenters.